The van der Waals surface area contributed by atoms with Crippen molar-refractivity contribution in [2.75, 3.05) is 45.9 Å². The van der Waals surface area contributed by atoms with Crippen molar-refractivity contribution in [3.8, 4) is 5.75 Å². The Bertz CT molecular complexity index is 1100. The van der Waals surface area contributed by atoms with Crippen molar-refractivity contribution in [3.05, 3.63) is 52.6 Å². The van der Waals surface area contributed by atoms with Crippen LogP contribution in [-0.2, 0) is 6.18 Å². The second-order valence-corrected chi connectivity index (χ2v) is 9.96. The molecule has 2 fully saturated rings. The molecule has 2 atom stereocenters. The van der Waals surface area contributed by atoms with Crippen LogP contribution in [0.5, 0.6) is 5.75 Å². The average Bonchev–Trinajstić information content (AvgIpc) is 2.91. The average molecular weight is 536 g/mol. The standard InChI is InChI=1S/C27H36F3N5O3/c1-18-19(2)24(38-14-4-9-31-10-13-36)8-7-22(18)23-6-3-5-21-17-34(11-12-35(21)23)25(37)20-15-32-26(33-16-20)27(28,29)30/h7-8,15-16,21,23,31,36H,3-6,9-14,17H2,1-2H3/t21-,23+/m0/s1. The summed E-state index contributed by atoms with van der Waals surface area (Å²) in [5.41, 5.74) is 3.70. The maximum atomic E-state index is 13.0. The van der Waals surface area contributed by atoms with Crippen molar-refractivity contribution in [2.45, 2.75) is 57.8 Å². The van der Waals surface area contributed by atoms with Gasteiger partial charge in [-0.2, -0.15) is 13.2 Å². The maximum Gasteiger partial charge on any atom is 0.451 e. The Morgan fingerprint density at radius 2 is 1.89 bits per heavy atom. The molecular weight excluding hydrogens is 499 g/mol. The lowest BCUT2D eigenvalue weighted by molar-refractivity contribution is -0.145. The summed E-state index contributed by atoms with van der Waals surface area (Å²) in [6.07, 6.45) is 1.19. The van der Waals surface area contributed by atoms with Gasteiger partial charge in [-0.15, -0.1) is 0 Å². The first-order valence-electron chi connectivity index (χ1n) is 13.2. The summed E-state index contributed by atoms with van der Waals surface area (Å²) in [6.45, 7) is 8.04. The van der Waals surface area contributed by atoms with E-state index in [1.165, 1.54) is 11.1 Å². The van der Waals surface area contributed by atoms with Gasteiger partial charge in [0.05, 0.1) is 18.8 Å². The van der Waals surface area contributed by atoms with E-state index in [1.54, 1.807) is 4.90 Å². The topological polar surface area (TPSA) is 90.8 Å². The van der Waals surface area contributed by atoms with Gasteiger partial charge in [0.1, 0.15) is 5.75 Å². The van der Waals surface area contributed by atoms with E-state index in [2.05, 4.69) is 40.1 Å². The highest BCUT2D eigenvalue weighted by molar-refractivity contribution is 5.93. The van der Waals surface area contributed by atoms with Crippen molar-refractivity contribution in [3.63, 3.8) is 0 Å². The SMILES string of the molecule is Cc1c(OCCCNCCO)ccc([C@H]2CCC[C@H]3CN(C(=O)c4cnc(C(F)(F)F)nc4)CCN32)c1C. The molecule has 1 aromatic carbocycles. The van der Waals surface area contributed by atoms with Crippen LogP contribution >= 0.6 is 0 Å². The van der Waals surface area contributed by atoms with Gasteiger partial charge in [-0.25, -0.2) is 9.97 Å². The number of carbonyl (C=O) groups is 1. The third kappa shape index (κ3) is 6.44. The van der Waals surface area contributed by atoms with Crippen LogP contribution in [0.15, 0.2) is 24.5 Å². The summed E-state index contributed by atoms with van der Waals surface area (Å²) in [4.78, 5) is 23.9. The number of nitrogens with one attached hydrogen (secondary N) is 1. The van der Waals surface area contributed by atoms with Gasteiger partial charge in [-0.3, -0.25) is 9.69 Å². The molecule has 2 aliphatic heterocycles. The third-order valence-electron chi connectivity index (χ3n) is 7.57. The zero-order valence-electron chi connectivity index (χ0n) is 21.9. The number of aromatic nitrogens is 2. The summed E-state index contributed by atoms with van der Waals surface area (Å²) in [5, 5.41) is 12.0. The van der Waals surface area contributed by atoms with Crippen molar-refractivity contribution in [1.82, 2.24) is 25.1 Å². The quantitative estimate of drug-likeness (QED) is 0.475. The number of halogens is 3. The number of hydrogen-bond acceptors (Lipinski definition) is 7. The van der Waals surface area contributed by atoms with E-state index in [1.807, 2.05) is 6.07 Å². The number of alkyl halides is 3. The Morgan fingerprint density at radius 3 is 2.61 bits per heavy atom. The number of amides is 1. The lowest BCUT2D eigenvalue weighted by Crippen LogP contribution is -2.57. The number of hydrogen-bond donors (Lipinski definition) is 2. The van der Waals surface area contributed by atoms with Gasteiger partial charge in [0.15, 0.2) is 0 Å². The van der Waals surface area contributed by atoms with Gasteiger partial charge in [0.25, 0.3) is 5.91 Å². The Balaban J connectivity index is 1.39. The zero-order chi connectivity index (χ0) is 27.3. The predicted molar refractivity (Wildman–Crippen MR) is 136 cm³/mol. The van der Waals surface area contributed by atoms with E-state index < -0.39 is 12.0 Å². The smallest absolute Gasteiger partial charge is 0.451 e. The van der Waals surface area contributed by atoms with Crippen LogP contribution in [0.4, 0.5) is 13.2 Å². The van der Waals surface area contributed by atoms with Crippen LogP contribution in [-0.4, -0.2) is 82.8 Å². The molecular formula is C27H36F3N5O3. The van der Waals surface area contributed by atoms with E-state index in [4.69, 9.17) is 9.84 Å². The van der Waals surface area contributed by atoms with Gasteiger partial charge in [-0.1, -0.05) is 6.07 Å². The normalized spacial score (nSPS) is 20.3. The largest absolute Gasteiger partial charge is 0.493 e. The molecule has 0 radical (unpaired) electrons. The van der Waals surface area contributed by atoms with E-state index in [-0.39, 0.29) is 30.2 Å². The minimum absolute atomic E-state index is 0.0741. The van der Waals surface area contributed by atoms with Gasteiger partial charge in [-0.05, 0) is 68.8 Å². The van der Waals surface area contributed by atoms with Crippen LogP contribution in [0.1, 0.15) is 64.6 Å². The molecule has 1 amide bonds. The lowest BCUT2D eigenvalue weighted by atomic mass is 9.86. The second-order valence-electron chi connectivity index (χ2n) is 9.96. The molecule has 2 aliphatic rings. The first-order valence-corrected chi connectivity index (χ1v) is 13.2. The molecule has 0 aliphatic carbocycles. The molecule has 2 saturated heterocycles. The molecule has 8 nitrogen and oxygen atoms in total. The van der Waals surface area contributed by atoms with E-state index >= 15 is 0 Å². The van der Waals surface area contributed by atoms with Crippen LogP contribution in [0.3, 0.4) is 0 Å². The minimum Gasteiger partial charge on any atom is -0.493 e. The Kier molecular flexibility index (Phi) is 9.22. The van der Waals surface area contributed by atoms with Gasteiger partial charge in [0.2, 0.25) is 5.82 Å². The van der Waals surface area contributed by atoms with Gasteiger partial charge in [0, 0.05) is 50.7 Å². The number of piperidine rings is 1. The number of rotatable bonds is 9. The monoisotopic (exact) mass is 535 g/mol. The van der Waals surface area contributed by atoms with E-state index in [0.29, 0.717) is 32.8 Å². The number of piperazine rings is 1. The first-order chi connectivity index (χ1) is 18.2. The summed E-state index contributed by atoms with van der Waals surface area (Å²) in [7, 11) is 0. The fraction of sp³-hybridized carbons (Fsp3) is 0.593. The summed E-state index contributed by atoms with van der Waals surface area (Å²) < 4.78 is 44.4. The highest BCUT2D eigenvalue weighted by atomic mass is 19.4. The number of benzene rings is 1. The van der Waals surface area contributed by atoms with Crippen molar-refractivity contribution in [1.29, 1.82) is 0 Å². The number of nitrogens with zero attached hydrogens (tertiary/aromatic N) is 4. The number of aliphatic hydroxyl groups is 1. The van der Waals surface area contributed by atoms with Crippen LogP contribution in [0.25, 0.3) is 0 Å². The number of fused-ring (bicyclic) bond motifs is 1. The molecule has 1 aromatic heterocycles. The molecule has 2 N–H and O–H groups in total. The third-order valence-corrected chi connectivity index (χ3v) is 7.57. The fourth-order valence-corrected chi connectivity index (χ4v) is 5.45. The van der Waals surface area contributed by atoms with Crippen molar-refractivity contribution < 1.29 is 27.8 Å². The van der Waals surface area contributed by atoms with Crippen molar-refractivity contribution >= 4 is 5.91 Å². The Morgan fingerprint density at radius 1 is 1.13 bits per heavy atom. The summed E-state index contributed by atoms with van der Waals surface area (Å²) >= 11 is 0. The van der Waals surface area contributed by atoms with Crippen LogP contribution in [0, 0.1) is 13.8 Å². The molecule has 4 rings (SSSR count). The first kappa shape index (κ1) is 28.3. The molecule has 0 bridgehead atoms. The number of aliphatic hydroxyl groups excluding tert-OH is 1. The van der Waals surface area contributed by atoms with E-state index in [9.17, 15) is 18.0 Å². The van der Waals surface area contributed by atoms with Crippen molar-refractivity contribution in [2.24, 2.45) is 0 Å². The summed E-state index contributed by atoms with van der Waals surface area (Å²) in [6, 6.07) is 4.64. The Labute approximate surface area is 221 Å². The molecule has 208 valence electrons. The highest BCUT2D eigenvalue weighted by Crippen LogP contribution is 2.39. The van der Waals surface area contributed by atoms with Gasteiger partial charge < -0.3 is 20.1 Å². The predicted octanol–water partition coefficient (Wildman–Crippen LogP) is 3.51. The molecule has 0 unspecified atom stereocenters. The maximum absolute atomic E-state index is 13.0. The van der Waals surface area contributed by atoms with E-state index in [0.717, 1.165) is 55.9 Å². The second kappa shape index (κ2) is 12.4. The molecule has 11 heteroatoms. The molecule has 0 saturated carbocycles. The van der Waals surface area contributed by atoms with Crippen LogP contribution < -0.4 is 10.1 Å². The lowest BCUT2D eigenvalue weighted by Gasteiger charge is -2.48. The number of carbonyl (C=O) groups excluding carboxylic acids is 1. The highest BCUT2D eigenvalue weighted by Gasteiger charge is 2.38. The summed E-state index contributed by atoms with van der Waals surface area (Å²) in [5.74, 6) is -0.693. The minimum atomic E-state index is -4.64. The Hall–Kier alpha value is -2.76. The number of ether oxygens (including phenoxy) is 1. The molecule has 38 heavy (non-hydrogen) atoms. The molecule has 3 heterocycles. The zero-order valence-corrected chi connectivity index (χ0v) is 21.9. The molecule has 2 aromatic rings. The van der Waals surface area contributed by atoms with Gasteiger partial charge >= 0.3 is 6.18 Å². The van der Waals surface area contributed by atoms with Crippen LogP contribution in [0.2, 0.25) is 0 Å². The molecule has 0 spiro atoms. The fourth-order valence-electron chi connectivity index (χ4n) is 5.45.